The number of nitrogens with zero attached hydrogens (tertiary/aromatic N) is 1. The molecule has 0 fully saturated rings. The molecule has 0 saturated heterocycles. The first kappa shape index (κ1) is 16.7. The normalized spacial score (nSPS) is 12.1. The Kier molecular flexibility index (Phi) is 4.51. The van der Waals surface area contributed by atoms with E-state index in [1.165, 1.54) is 7.11 Å². The predicted octanol–water partition coefficient (Wildman–Crippen LogP) is 3.40. The number of hydrogen-bond donors (Lipinski definition) is 3. The number of carboxylic acid groups (broad SMARTS) is 1. The van der Waals surface area contributed by atoms with Crippen molar-refractivity contribution in [3.8, 4) is 5.75 Å². The quantitative estimate of drug-likeness (QED) is 0.660. The summed E-state index contributed by atoms with van der Waals surface area (Å²) < 4.78 is 33.2. The van der Waals surface area contributed by atoms with Crippen LogP contribution in [-0.4, -0.2) is 28.3 Å². The molecule has 25 heavy (non-hydrogen) atoms. The highest BCUT2D eigenvalue weighted by atomic mass is 19.1. The van der Waals surface area contributed by atoms with E-state index in [4.69, 9.17) is 9.84 Å². The Morgan fingerprint density at radius 2 is 2.00 bits per heavy atom. The molecular weight excluding hydrogens is 332 g/mol. The Morgan fingerprint density at radius 1 is 1.32 bits per heavy atom. The molecule has 0 aliphatic heterocycles. The highest BCUT2D eigenvalue weighted by Crippen LogP contribution is 2.26. The van der Waals surface area contributed by atoms with Crippen LogP contribution in [-0.2, 0) is 6.42 Å². The van der Waals surface area contributed by atoms with E-state index in [2.05, 4.69) is 15.3 Å². The summed E-state index contributed by atoms with van der Waals surface area (Å²) in [5.74, 6) is -1.31. The van der Waals surface area contributed by atoms with E-state index in [0.29, 0.717) is 11.0 Å². The minimum atomic E-state index is -1.32. The molecule has 1 amide bonds. The number of halogens is 2. The second-order valence-electron chi connectivity index (χ2n) is 5.41. The SMILES string of the molecule is COc1cc(F)c(CC(NC(=O)O)c2nc3ccccc3[nH]2)c(F)c1. The lowest BCUT2D eigenvalue weighted by Crippen LogP contribution is -2.29. The van der Waals surface area contributed by atoms with Gasteiger partial charge in [-0.05, 0) is 12.1 Å². The molecule has 0 spiro atoms. The van der Waals surface area contributed by atoms with E-state index >= 15 is 0 Å². The van der Waals surface area contributed by atoms with Crippen LogP contribution >= 0.6 is 0 Å². The number of carbonyl (C=O) groups is 1. The number of aromatic nitrogens is 2. The van der Waals surface area contributed by atoms with Crippen LogP contribution < -0.4 is 10.1 Å². The summed E-state index contributed by atoms with van der Waals surface area (Å²) in [6.45, 7) is 0. The molecule has 1 heterocycles. The third-order valence-electron chi connectivity index (χ3n) is 3.79. The fraction of sp³-hybridized carbons (Fsp3) is 0.176. The minimum absolute atomic E-state index is 0.0465. The molecule has 3 aromatic rings. The van der Waals surface area contributed by atoms with Crippen molar-refractivity contribution in [1.29, 1.82) is 0 Å². The number of amides is 1. The Hall–Kier alpha value is -3.16. The first-order valence-electron chi connectivity index (χ1n) is 7.44. The summed E-state index contributed by atoms with van der Waals surface area (Å²) in [7, 11) is 1.30. The van der Waals surface area contributed by atoms with Gasteiger partial charge in [-0.1, -0.05) is 12.1 Å². The molecule has 1 aromatic heterocycles. The van der Waals surface area contributed by atoms with Crippen molar-refractivity contribution in [3.05, 3.63) is 59.4 Å². The number of benzene rings is 2. The maximum Gasteiger partial charge on any atom is 0.405 e. The monoisotopic (exact) mass is 347 g/mol. The third-order valence-corrected chi connectivity index (χ3v) is 3.79. The maximum absolute atomic E-state index is 14.2. The summed E-state index contributed by atoms with van der Waals surface area (Å²) >= 11 is 0. The smallest absolute Gasteiger partial charge is 0.405 e. The Labute approximate surface area is 141 Å². The highest BCUT2D eigenvalue weighted by Gasteiger charge is 2.23. The van der Waals surface area contributed by atoms with Crippen LogP contribution in [0.15, 0.2) is 36.4 Å². The molecule has 0 bridgehead atoms. The first-order valence-corrected chi connectivity index (χ1v) is 7.44. The number of methoxy groups -OCH3 is 1. The second kappa shape index (κ2) is 6.76. The summed E-state index contributed by atoms with van der Waals surface area (Å²) in [5, 5.41) is 11.3. The fourth-order valence-corrected chi connectivity index (χ4v) is 2.60. The van der Waals surface area contributed by atoms with E-state index in [1.807, 2.05) is 0 Å². The van der Waals surface area contributed by atoms with Gasteiger partial charge in [0.05, 0.1) is 24.2 Å². The van der Waals surface area contributed by atoms with Gasteiger partial charge in [0.1, 0.15) is 23.2 Å². The van der Waals surface area contributed by atoms with Crippen LogP contribution in [0.2, 0.25) is 0 Å². The average molecular weight is 347 g/mol. The van der Waals surface area contributed by atoms with E-state index in [1.54, 1.807) is 24.3 Å². The van der Waals surface area contributed by atoms with Gasteiger partial charge in [-0.25, -0.2) is 18.6 Å². The molecule has 3 rings (SSSR count). The van der Waals surface area contributed by atoms with Gasteiger partial charge < -0.3 is 20.1 Å². The fourth-order valence-electron chi connectivity index (χ4n) is 2.60. The zero-order valence-electron chi connectivity index (χ0n) is 13.2. The van der Waals surface area contributed by atoms with Gasteiger partial charge in [0.15, 0.2) is 0 Å². The van der Waals surface area contributed by atoms with Crippen molar-refractivity contribution < 1.29 is 23.4 Å². The molecule has 8 heteroatoms. The topological polar surface area (TPSA) is 87.2 Å². The maximum atomic E-state index is 14.2. The lowest BCUT2D eigenvalue weighted by Gasteiger charge is -2.16. The van der Waals surface area contributed by atoms with Crippen molar-refractivity contribution >= 4 is 17.1 Å². The number of para-hydroxylation sites is 2. The first-order chi connectivity index (χ1) is 12.0. The molecule has 0 saturated carbocycles. The zero-order valence-corrected chi connectivity index (χ0v) is 13.2. The number of fused-ring (bicyclic) bond motifs is 1. The van der Waals surface area contributed by atoms with Crippen LogP contribution in [0.4, 0.5) is 13.6 Å². The lowest BCUT2D eigenvalue weighted by atomic mass is 10.0. The molecule has 0 aliphatic rings. The summed E-state index contributed by atoms with van der Waals surface area (Å²) in [5.41, 5.74) is 1.08. The minimum Gasteiger partial charge on any atom is -0.497 e. The van der Waals surface area contributed by atoms with Crippen molar-refractivity contribution in [1.82, 2.24) is 15.3 Å². The molecule has 1 atom stereocenters. The number of hydrogen-bond acceptors (Lipinski definition) is 3. The van der Waals surface area contributed by atoms with E-state index in [-0.39, 0.29) is 23.6 Å². The van der Waals surface area contributed by atoms with Gasteiger partial charge in [0.2, 0.25) is 0 Å². The standard InChI is InChI=1S/C17H15F2N3O3/c1-25-9-6-11(18)10(12(19)7-9)8-15(22-17(23)24)16-20-13-4-2-3-5-14(13)21-16/h2-7,15,22H,8H2,1H3,(H,20,21)(H,23,24). The van der Waals surface area contributed by atoms with E-state index in [0.717, 1.165) is 12.1 Å². The van der Waals surface area contributed by atoms with Gasteiger partial charge in [-0.2, -0.15) is 0 Å². The van der Waals surface area contributed by atoms with Crippen molar-refractivity contribution in [2.24, 2.45) is 0 Å². The molecule has 3 N–H and O–H groups in total. The van der Waals surface area contributed by atoms with Crippen LogP contribution in [0.3, 0.4) is 0 Å². The van der Waals surface area contributed by atoms with E-state index in [9.17, 15) is 13.6 Å². The molecule has 0 radical (unpaired) electrons. The molecule has 1 unspecified atom stereocenters. The number of ether oxygens (including phenoxy) is 1. The Morgan fingerprint density at radius 3 is 2.60 bits per heavy atom. The number of aromatic amines is 1. The highest BCUT2D eigenvalue weighted by molar-refractivity contribution is 5.75. The summed E-state index contributed by atoms with van der Waals surface area (Å²) in [6, 6.07) is 8.27. The van der Waals surface area contributed by atoms with Gasteiger partial charge in [0, 0.05) is 24.1 Å². The van der Waals surface area contributed by atoms with Crippen LogP contribution in [0.25, 0.3) is 11.0 Å². The molecule has 6 nitrogen and oxygen atoms in total. The van der Waals surface area contributed by atoms with Crippen molar-refractivity contribution in [2.45, 2.75) is 12.5 Å². The second-order valence-corrected chi connectivity index (χ2v) is 5.41. The molecule has 130 valence electrons. The number of H-pyrrole nitrogens is 1. The largest absolute Gasteiger partial charge is 0.497 e. The van der Waals surface area contributed by atoms with Crippen LogP contribution in [0, 0.1) is 11.6 Å². The third kappa shape index (κ3) is 3.52. The number of imidazole rings is 1. The van der Waals surface area contributed by atoms with Crippen LogP contribution in [0.5, 0.6) is 5.75 Å². The lowest BCUT2D eigenvalue weighted by molar-refractivity contribution is 0.189. The van der Waals surface area contributed by atoms with Gasteiger partial charge in [-0.3, -0.25) is 0 Å². The molecule has 0 aliphatic carbocycles. The van der Waals surface area contributed by atoms with Crippen molar-refractivity contribution in [2.75, 3.05) is 7.11 Å². The van der Waals surface area contributed by atoms with Gasteiger partial charge in [0.25, 0.3) is 0 Å². The van der Waals surface area contributed by atoms with Gasteiger partial charge in [-0.15, -0.1) is 0 Å². The van der Waals surface area contributed by atoms with Crippen LogP contribution in [0.1, 0.15) is 17.4 Å². The Balaban J connectivity index is 1.98. The number of nitrogens with one attached hydrogen (secondary N) is 2. The summed E-state index contributed by atoms with van der Waals surface area (Å²) in [6.07, 6.45) is -1.56. The average Bonchev–Trinajstić information content (AvgIpc) is 3.00. The Bertz CT molecular complexity index is 870. The number of rotatable bonds is 5. The van der Waals surface area contributed by atoms with E-state index < -0.39 is 23.8 Å². The zero-order chi connectivity index (χ0) is 18.0. The summed E-state index contributed by atoms with van der Waals surface area (Å²) in [4.78, 5) is 18.4. The molecule has 2 aromatic carbocycles. The molecular formula is C17H15F2N3O3. The predicted molar refractivity (Wildman–Crippen MR) is 86.6 cm³/mol. The van der Waals surface area contributed by atoms with Gasteiger partial charge >= 0.3 is 6.09 Å². The van der Waals surface area contributed by atoms with Crippen molar-refractivity contribution in [3.63, 3.8) is 0 Å².